The minimum Gasteiger partial charge on any atom is -0.497 e. The van der Waals surface area contributed by atoms with E-state index in [0.29, 0.717) is 0 Å². The van der Waals surface area contributed by atoms with Crippen molar-refractivity contribution in [3.8, 4) is 5.75 Å². The van der Waals surface area contributed by atoms with Crippen molar-refractivity contribution in [3.63, 3.8) is 0 Å². The molecule has 1 N–H and O–H groups in total. The van der Waals surface area contributed by atoms with Gasteiger partial charge in [0.05, 0.1) is 25.5 Å². The summed E-state index contributed by atoms with van der Waals surface area (Å²) in [5.41, 5.74) is 1.04. The average Bonchev–Trinajstić information content (AvgIpc) is 2.46. The van der Waals surface area contributed by atoms with Crippen LogP contribution in [0.25, 0.3) is 0 Å². The van der Waals surface area contributed by atoms with Gasteiger partial charge in [-0.1, -0.05) is 6.92 Å². The van der Waals surface area contributed by atoms with Gasteiger partial charge in [0.1, 0.15) is 5.75 Å². The molecule has 106 valence electrons. The van der Waals surface area contributed by atoms with Gasteiger partial charge in [-0.25, -0.2) is 0 Å². The van der Waals surface area contributed by atoms with Crippen LogP contribution in [0.4, 0.5) is 5.69 Å². The number of nitrogens with one attached hydrogen (secondary N) is 1. The molecule has 0 amide bonds. The van der Waals surface area contributed by atoms with Crippen LogP contribution in [-0.4, -0.2) is 50.9 Å². The van der Waals surface area contributed by atoms with Crippen molar-refractivity contribution in [1.29, 1.82) is 0 Å². The third kappa shape index (κ3) is 4.09. The highest BCUT2D eigenvalue weighted by atomic mass is 79.9. The summed E-state index contributed by atoms with van der Waals surface area (Å²) in [6.45, 7) is 6.93. The zero-order valence-corrected chi connectivity index (χ0v) is 13.1. The Morgan fingerprint density at radius 2 is 2.37 bits per heavy atom. The Hall–Kier alpha value is -0.780. The zero-order chi connectivity index (χ0) is 13.7. The molecule has 1 aromatic rings. The molecule has 1 atom stereocenters. The normalized spacial score (nSPS) is 20.3. The first kappa shape index (κ1) is 14.6. The van der Waals surface area contributed by atoms with Crippen LogP contribution < -0.4 is 10.1 Å². The van der Waals surface area contributed by atoms with Crippen LogP contribution in [0.2, 0.25) is 0 Å². The standard InChI is InChI=1S/C14H21BrN2O2/c1-3-17-6-7-19-12(10-17)9-16-14-8-11(18-2)4-5-13(14)15/h4-5,8,12,16H,3,6-7,9-10H2,1-2H3. The van der Waals surface area contributed by atoms with Crippen molar-refractivity contribution in [1.82, 2.24) is 4.90 Å². The summed E-state index contributed by atoms with van der Waals surface area (Å²) in [7, 11) is 1.68. The second-order valence-electron chi connectivity index (χ2n) is 4.61. The monoisotopic (exact) mass is 328 g/mol. The molecule has 0 spiro atoms. The van der Waals surface area contributed by atoms with E-state index < -0.39 is 0 Å². The van der Waals surface area contributed by atoms with E-state index in [1.54, 1.807) is 7.11 Å². The summed E-state index contributed by atoms with van der Waals surface area (Å²) in [4.78, 5) is 2.41. The summed E-state index contributed by atoms with van der Waals surface area (Å²) in [5, 5.41) is 3.42. The predicted molar refractivity (Wildman–Crippen MR) is 81.0 cm³/mol. The molecule has 5 heteroatoms. The SMILES string of the molecule is CCN1CCOC(CNc2cc(OC)ccc2Br)C1. The number of benzene rings is 1. The minimum atomic E-state index is 0.242. The lowest BCUT2D eigenvalue weighted by atomic mass is 10.2. The number of halogens is 1. The van der Waals surface area contributed by atoms with Gasteiger partial charge in [0, 0.05) is 30.2 Å². The number of hydrogen-bond donors (Lipinski definition) is 1. The Kier molecular flexibility index (Phi) is 5.48. The van der Waals surface area contributed by atoms with Crippen molar-refractivity contribution < 1.29 is 9.47 Å². The number of anilines is 1. The molecule has 1 aliphatic heterocycles. The summed E-state index contributed by atoms with van der Waals surface area (Å²) < 4.78 is 12.1. The van der Waals surface area contributed by atoms with Gasteiger partial charge in [0.2, 0.25) is 0 Å². The maximum Gasteiger partial charge on any atom is 0.121 e. The number of likely N-dealkylation sites (N-methyl/N-ethyl adjacent to an activating group) is 1. The van der Waals surface area contributed by atoms with Crippen LogP contribution in [0.1, 0.15) is 6.92 Å². The maximum absolute atomic E-state index is 5.78. The molecule has 0 saturated carbocycles. The van der Waals surface area contributed by atoms with Gasteiger partial charge in [-0.2, -0.15) is 0 Å². The Morgan fingerprint density at radius 3 is 3.11 bits per heavy atom. The van der Waals surface area contributed by atoms with Crippen molar-refractivity contribution in [2.24, 2.45) is 0 Å². The number of nitrogens with zero attached hydrogens (tertiary/aromatic N) is 1. The van der Waals surface area contributed by atoms with Crippen LogP contribution in [-0.2, 0) is 4.74 Å². The van der Waals surface area contributed by atoms with Crippen molar-refractivity contribution >= 4 is 21.6 Å². The van der Waals surface area contributed by atoms with E-state index in [4.69, 9.17) is 9.47 Å². The lowest BCUT2D eigenvalue weighted by molar-refractivity contribution is -0.0191. The predicted octanol–water partition coefficient (Wildman–Crippen LogP) is 2.59. The van der Waals surface area contributed by atoms with Crippen LogP contribution >= 0.6 is 15.9 Å². The molecule has 19 heavy (non-hydrogen) atoms. The van der Waals surface area contributed by atoms with E-state index in [9.17, 15) is 0 Å². The molecule has 1 heterocycles. The second-order valence-corrected chi connectivity index (χ2v) is 5.47. The zero-order valence-electron chi connectivity index (χ0n) is 11.5. The van der Waals surface area contributed by atoms with Crippen molar-refractivity contribution in [3.05, 3.63) is 22.7 Å². The van der Waals surface area contributed by atoms with Gasteiger partial charge in [-0.15, -0.1) is 0 Å². The smallest absolute Gasteiger partial charge is 0.121 e. The van der Waals surface area contributed by atoms with Gasteiger partial charge in [-0.3, -0.25) is 4.90 Å². The average molecular weight is 329 g/mol. The fraction of sp³-hybridized carbons (Fsp3) is 0.571. The van der Waals surface area contributed by atoms with E-state index in [0.717, 1.165) is 48.7 Å². The molecule has 0 aromatic heterocycles. The quantitative estimate of drug-likeness (QED) is 0.900. The first-order chi connectivity index (χ1) is 9.22. The Balaban J connectivity index is 1.91. The number of rotatable bonds is 5. The van der Waals surface area contributed by atoms with Crippen molar-refractivity contribution in [2.45, 2.75) is 13.0 Å². The highest BCUT2D eigenvalue weighted by Gasteiger charge is 2.19. The number of hydrogen-bond acceptors (Lipinski definition) is 4. The molecule has 1 saturated heterocycles. The lowest BCUT2D eigenvalue weighted by Crippen LogP contribution is -2.45. The number of methoxy groups -OCH3 is 1. The first-order valence-corrected chi connectivity index (χ1v) is 7.43. The molecule has 0 radical (unpaired) electrons. The highest BCUT2D eigenvalue weighted by Crippen LogP contribution is 2.27. The Labute approximate surface area is 123 Å². The highest BCUT2D eigenvalue weighted by molar-refractivity contribution is 9.10. The molecule has 1 aliphatic rings. The molecule has 2 rings (SSSR count). The molecule has 1 unspecified atom stereocenters. The fourth-order valence-corrected chi connectivity index (χ4v) is 2.57. The molecular formula is C14H21BrN2O2. The van der Waals surface area contributed by atoms with E-state index in [1.165, 1.54) is 0 Å². The fourth-order valence-electron chi connectivity index (χ4n) is 2.18. The molecule has 1 aromatic carbocycles. The number of ether oxygens (including phenoxy) is 2. The third-order valence-corrected chi connectivity index (χ3v) is 4.06. The third-order valence-electron chi connectivity index (χ3n) is 3.36. The molecule has 4 nitrogen and oxygen atoms in total. The lowest BCUT2D eigenvalue weighted by Gasteiger charge is -2.32. The van der Waals surface area contributed by atoms with Gasteiger partial charge >= 0.3 is 0 Å². The van der Waals surface area contributed by atoms with E-state index >= 15 is 0 Å². The Morgan fingerprint density at radius 1 is 1.53 bits per heavy atom. The second kappa shape index (κ2) is 7.12. The summed E-state index contributed by atoms with van der Waals surface area (Å²) in [5.74, 6) is 0.852. The van der Waals surface area contributed by atoms with Gasteiger partial charge in [0.25, 0.3) is 0 Å². The van der Waals surface area contributed by atoms with Crippen LogP contribution in [0, 0.1) is 0 Å². The molecule has 0 bridgehead atoms. The first-order valence-electron chi connectivity index (χ1n) is 6.64. The van der Waals surface area contributed by atoms with Gasteiger partial charge in [0.15, 0.2) is 0 Å². The Bertz CT molecular complexity index is 414. The van der Waals surface area contributed by atoms with Crippen LogP contribution in [0.5, 0.6) is 5.75 Å². The summed E-state index contributed by atoms with van der Waals surface area (Å²) >= 11 is 3.54. The minimum absolute atomic E-state index is 0.242. The number of morpholine rings is 1. The van der Waals surface area contributed by atoms with Gasteiger partial charge < -0.3 is 14.8 Å². The van der Waals surface area contributed by atoms with Crippen LogP contribution in [0.3, 0.4) is 0 Å². The molecule has 0 aliphatic carbocycles. The summed E-state index contributed by atoms with van der Waals surface area (Å²) in [6, 6.07) is 5.91. The van der Waals surface area contributed by atoms with E-state index in [2.05, 4.69) is 33.1 Å². The van der Waals surface area contributed by atoms with Gasteiger partial charge in [-0.05, 0) is 34.6 Å². The molecular weight excluding hydrogens is 308 g/mol. The topological polar surface area (TPSA) is 33.7 Å². The largest absolute Gasteiger partial charge is 0.497 e. The maximum atomic E-state index is 5.78. The van der Waals surface area contributed by atoms with Crippen LogP contribution in [0.15, 0.2) is 22.7 Å². The van der Waals surface area contributed by atoms with E-state index in [-0.39, 0.29) is 6.10 Å². The van der Waals surface area contributed by atoms with Crippen molar-refractivity contribution in [2.75, 3.05) is 45.2 Å². The molecule has 1 fully saturated rings. The summed E-state index contributed by atoms with van der Waals surface area (Å²) in [6.07, 6.45) is 0.242. The van der Waals surface area contributed by atoms with E-state index in [1.807, 2.05) is 18.2 Å².